The molecule has 78 valence electrons. The van der Waals surface area contributed by atoms with Gasteiger partial charge in [-0.15, -0.1) is 0 Å². The molecule has 14 heavy (non-hydrogen) atoms. The van der Waals surface area contributed by atoms with Crippen LogP contribution < -0.4 is 0 Å². The van der Waals surface area contributed by atoms with E-state index in [1.165, 1.54) is 0 Å². The molecule has 0 saturated heterocycles. The average Bonchev–Trinajstić information content (AvgIpc) is 2.00. The Kier molecular flexibility index (Phi) is 24.8. The van der Waals surface area contributed by atoms with Gasteiger partial charge in [-0.1, -0.05) is 0 Å². The molecule has 3 N–H and O–H groups in total. The minimum absolute atomic E-state index is 0. The predicted octanol–water partition coefficient (Wildman–Crippen LogP) is -4.04. The van der Waals surface area contributed by atoms with Crippen molar-refractivity contribution in [3.05, 3.63) is 0 Å². The molecule has 7 nitrogen and oxygen atoms in total. The molecular weight excluding hydrogens is 203 g/mol. The van der Waals surface area contributed by atoms with Gasteiger partial charge < -0.3 is 15.1 Å². The monoisotopic (exact) mass is 210 g/mol. The van der Waals surface area contributed by atoms with Gasteiger partial charge in [-0.25, -0.2) is 19.5 Å². The third kappa shape index (κ3) is 22.5. The summed E-state index contributed by atoms with van der Waals surface area (Å²) in [6.07, 6.45) is 0. The molecular formula is C2H7B2F2LiO7. The molecule has 0 bridgehead atoms. The van der Waals surface area contributed by atoms with E-state index < -0.39 is 19.3 Å². The van der Waals surface area contributed by atoms with Crippen LogP contribution in [0.5, 0.6) is 0 Å². The molecule has 0 spiro atoms. The Morgan fingerprint density at radius 2 is 1.14 bits per heavy atom. The van der Waals surface area contributed by atoms with Crippen LogP contribution >= 0.6 is 0 Å². The van der Waals surface area contributed by atoms with E-state index in [0.717, 1.165) is 0 Å². The van der Waals surface area contributed by atoms with Gasteiger partial charge in [0.05, 0.1) is 8.41 Å². The van der Waals surface area contributed by atoms with E-state index in [-0.39, 0.29) is 27.3 Å². The Hall–Kier alpha value is -0.593. The Bertz CT molecular complexity index is 140. The summed E-state index contributed by atoms with van der Waals surface area (Å²) < 4.78 is 21.0. The van der Waals surface area contributed by atoms with Crippen molar-refractivity contribution in [2.75, 3.05) is 0 Å². The Balaban J connectivity index is -0.0000000733. The van der Waals surface area contributed by atoms with Crippen molar-refractivity contribution in [3.63, 3.8) is 0 Å². The average molecular weight is 210 g/mol. The summed E-state index contributed by atoms with van der Waals surface area (Å²) in [5.41, 5.74) is 0. The van der Waals surface area contributed by atoms with Gasteiger partial charge in [0.1, 0.15) is 0 Å². The summed E-state index contributed by atoms with van der Waals surface area (Å²) in [6.45, 7) is 0. The zero-order chi connectivity index (χ0) is 10.1. The third-order valence-corrected chi connectivity index (χ3v) is 0.307. The summed E-state index contributed by atoms with van der Waals surface area (Å²) >= 11 is 0. The first-order chi connectivity index (χ1) is 5.45. The van der Waals surface area contributed by atoms with Crippen molar-refractivity contribution in [1.82, 2.24) is 0 Å². The van der Waals surface area contributed by atoms with Crippen molar-refractivity contribution >= 4 is 46.5 Å². The minimum atomic E-state index is -2.17. The molecule has 0 aromatic carbocycles. The summed E-state index contributed by atoms with van der Waals surface area (Å²) in [4.78, 5) is 23.4. The molecule has 0 aromatic heterocycles. The van der Waals surface area contributed by atoms with Gasteiger partial charge in [0.25, 0.3) is 0 Å². The van der Waals surface area contributed by atoms with Crippen molar-refractivity contribution in [1.29, 1.82) is 0 Å². The number of hydrogen-bond acceptors (Lipinski definition) is 7. The van der Waals surface area contributed by atoms with E-state index in [1.54, 1.807) is 0 Å². The van der Waals surface area contributed by atoms with Gasteiger partial charge >= 0.3 is 38.1 Å². The second kappa shape index (κ2) is 14.9. The topological polar surface area (TPSA) is 113 Å². The van der Waals surface area contributed by atoms with E-state index >= 15 is 0 Å². The predicted molar refractivity (Wildman–Crippen MR) is 43.9 cm³/mol. The van der Waals surface area contributed by atoms with Gasteiger partial charge in [0.2, 0.25) is 0 Å². The van der Waals surface area contributed by atoms with Crippen LogP contribution in [-0.2, 0) is 19.5 Å². The molecule has 0 fully saturated rings. The third-order valence-electron chi connectivity index (χ3n) is 0.307. The molecule has 0 amide bonds. The number of carbonyl (C=O) groups excluding carboxylic acids is 2. The van der Waals surface area contributed by atoms with E-state index in [2.05, 4.69) is 9.88 Å². The summed E-state index contributed by atoms with van der Waals surface area (Å²) in [5.74, 6) is -4.04. The Morgan fingerprint density at radius 3 is 1.21 bits per heavy atom. The van der Waals surface area contributed by atoms with Crippen LogP contribution in [-0.4, -0.2) is 61.6 Å². The van der Waals surface area contributed by atoms with Crippen LogP contribution in [0.4, 0.5) is 9.05 Å². The zero-order valence-corrected chi connectivity index (χ0v) is 5.31. The molecule has 0 aliphatic heterocycles. The fourth-order valence-electron chi connectivity index (χ4n) is 0.0630. The van der Waals surface area contributed by atoms with E-state index in [4.69, 9.17) is 15.1 Å². The molecule has 0 aliphatic rings. The second-order valence-electron chi connectivity index (χ2n) is 1.08. The van der Waals surface area contributed by atoms with Gasteiger partial charge in [-0.2, -0.15) is 0 Å². The molecule has 0 aromatic rings. The molecule has 0 radical (unpaired) electrons. The van der Waals surface area contributed by atoms with Crippen LogP contribution in [0, 0.1) is 0 Å². The standard InChI is InChI=1S/C2F2O4.BH3O3.BH3.Li.H/c3-7-1(5)2(6)8-4;2-1(3)4;;;/h;2-4H;1H3;;. The number of rotatable bonds is 0. The van der Waals surface area contributed by atoms with Gasteiger partial charge in [0.15, 0.2) is 0 Å². The quantitative estimate of drug-likeness (QED) is 0.275. The molecule has 12 heteroatoms. The molecule has 0 rings (SSSR count). The maximum atomic E-state index is 10.5. The molecule has 0 unspecified atom stereocenters. The summed E-state index contributed by atoms with van der Waals surface area (Å²) in [6, 6.07) is 0. The van der Waals surface area contributed by atoms with Gasteiger partial charge in [-0.3, -0.25) is 0 Å². The number of halogens is 2. The molecule has 0 atom stereocenters. The molecule has 0 saturated carbocycles. The van der Waals surface area contributed by atoms with Crippen LogP contribution in [0.3, 0.4) is 0 Å². The molecule has 0 heterocycles. The Labute approximate surface area is 90.7 Å². The normalized spacial score (nSPS) is 6.36. The first kappa shape index (κ1) is 23.3. The van der Waals surface area contributed by atoms with Crippen LogP contribution in [0.15, 0.2) is 0 Å². The SMILES string of the molecule is B.O=C(OF)C(=O)OF.OB(O)O.[LiH]. The van der Waals surface area contributed by atoms with E-state index in [0.29, 0.717) is 0 Å². The van der Waals surface area contributed by atoms with Crippen LogP contribution in [0.25, 0.3) is 0 Å². The zero-order valence-electron chi connectivity index (χ0n) is 5.31. The van der Waals surface area contributed by atoms with Crippen molar-refractivity contribution in [2.24, 2.45) is 0 Å². The second-order valence-corrected chi connectivity index (χ2v) is 1.08. The van der Waals surface area contributed by atoms with Crippen molar-refractivity contribution < 1.29 is 43.6 Å². The Morgan fingerprint density at radius 1 is 1.00 bits per heavy atom. The number of hydrogen-bond donors (Lipinski definition) is 3. The van der Waals surface area contributed by atoms with Gasteiger partial charge in [0, 0.05) is 9.05 Å². The maximum absolute atomic E-state index is 10.5. The van der Waals surface area contributed by atoms with E-state index in [1.807, 2.05) is 0 Å². The first-order valence-corrected chi connectivity index (χ1v) is 2.15. The molecule has 0 aliphatic carbocycles. The fraction of sp³-hybridized carbons (Fsp3) is 0. The summed E-state index contributed by atoms with van der Waals surface area (Å²) in [7, 11) is -2.17. The van der Waals surface area contributed by atoms with Crippen LogP contribution in [0.2, 0.25) is 0 Å². The summed E-state index contributed by atoms with van der Waals surface area (Å²) in [5, 5.41) is 21.5. The first-order valence-electron chi connectivity index (χ1n) is 2.15. The van der Waals surface area contributed by atoms with Crippen molar-refractivity contribution in [2.45, 2.75) is 0 Å². The van der Waals surface area contributed by atoms with E-state index in [9.17, 15) is 18.6 Å². The fourth-order valence-corrected chi connectivity index (χ4v) is 0.0630. The van der Waals surface area contributed by atoms with Crippen LogP contribution in [0.1, 0.15) is 0 Å². The van der Waals surface area contributed by atoms with Gasteiger partial charge in [-0.05, 0) is 0 Å². The van der Waals surface area contributed by atoms with Crippen molar-refractivity contribution in [3.8, 4) is 0 Å². The number of carbonyl (C=O) groups is 2.